The molecule has 0 spiro atoms. The second-order valence-electron chi connectivity index (χ2n) is 5.70. The van der Waals surface area contributed by atoms with Crippen molar-refractivity contribution in [1.82, 2.24) is 10.6 Å². The van der Waals surface area contributed by atoms with E-state index in [-0.39, 0.29) is 37.1 Å². The summed E-state index contributed by atoms with van der Waals surface area (Å²) in [6.45, 7) is 5.32. The summed E-state index contributed by atoms with van der Waals surface area (Å²) in [6.07, 6.45) is 0.431. The van der Waals surface area contributed by atoms with E-state index in [9.17, 15) is 5.11 Å². The molecule has 0 aromatic heterocycles. The van der Waals surface area contributed by atoms with Crippen LogP contribution < -0.4 is 15.4 Å². The van der Waals surface area contributed by atoms with Gasteiger partial charge in [0.25, 0.3) is 0 Å². The third-order valence-electron chi connectivity index (χ3n) is 3.58. The van der Waals surface area contributed by atoms with Crippen LogP contribution in [0.25, 0.3) is 0 Å². The molecule has 0 radical (unpaired) electrons. The first-order chi connectivity index (χ1) is 11.0. The fraction of sp³-hybridized carbons (Fsp3) is 0.562. The second-order valence-corrected chi connectivity index (χ2v) is 6.49. The first-order valence-corrected chi connectivity index (χ1v) is 8.56. The molecule has 0 amide bonds. The van der Waals surface area contributed by atoms with E-state index in [4.69, 9.17) is 27.9 Å². The Labute approximate surface area is 170 Å². The Bertz CT molecular complexity index is 560. The maximum atomic E-state index is 10.0. The molecule has 3 unspecified atom stereocenters. The molecule has 1 aliphatic rings. The maximum Gasteiger partial charge on any atom is 0.191 e. The molecule has 1 aromatic carbocycles. The Morgan fingerprint density at radius 3 is 2.79 bits per heavy atom. The minimum Gasteiger partial charge on any atom is -0.489 e. The molecule has 3 N–H and O–H groups in total. The summed E-state index contributed by atoms with van der Waals surface area (Å²) in [7, 11) is 0. The van der Waals surface area contributed by atoms with Crippen LogP contribution in [0.1, 0.15) is 20.3 Å². The summed E-state index contributed by atoms with van der Waals surface area (Å²) in [6, 6.07) is 5.62. The Balaban J connectivity index is 0.00000288. The van der Waals surface area contributed by atoms with E-state index in [0.717, 1.165) is 18.9 Å². The van der Waals surface area contributed by atoms with Crippen molar-refractivity contribution in [3.8, 4) is 5.75 Å². The summed E-state index contributed by atoms with van der Waals surface area (Å²) in [5.41, 5.74) is 0. The van der Waals surface area contributed by atoms with Crippen molar-refractivity contribution >= 4 is 53.1 Å². The van der Waals surface area contributed by atoms with Crippen LogP contribution in [-0.4, -0.2) is 42.9 Å². The molecule has 2 rings (SSSR count). The van der Waals surface area contributed by atoms with Gasteiger partial charge in [-0.2, -0.15) is 0 Å². The van der Waals surface area contributed by atoms with Gasteiger partial charge >= 0.3 is 0 Å². The molecule has 1 saturated carbocycles. The van der Waals surface area contributed by atoms with Gasteiger partial charge < -0.3 is 20.5 Å². The van der Waals surface area contributed by atoms with Crippen molar-refractivity contribution in [2.45, 2.75) is 32.4 Å². The molecule has 1 aliphatic carbocycles. The minimum atomic E-state index is -0.725. The Morgan fingerprint density at radius 2 is 2.17 bits per heavy atom. The number of nitrogens with zero attached hydrogens (tertiary/aromatic N) is 1. The Kier molecular flexibility index (Phi) is 9.48. The van der Waals surface area contributed by atoms with E-state index in [2.05, 4.69) is 22.5 Å². The summed E-state index contributed by atoms with van der Waals surface area (Å²) in [5.74, 6) is 1.86. The summed E-state index contributed by atoms with van der Waals surface area (Å²) >= 11 is 12.0. The molecule has 0 bridgehead atoms. The predicted molar refractivity (Wildman–Crippen MR) is 110 cm³/mol. The largest absolute Gasteiger partial charge is 0.489 e. The lowest BCUT2D eigenvalue weighted by Gasteiger charge is -2.14. The number of hydrogen-bond donors (Lipinski definition) is 3. The van der Waals surface area contributed by atoms with Crippen molar-refractivity contribution < 1.29 is 9.84 Å². The van der Waals surface area contributed by atoms with Gasteiger partial charge in [0.2, 0.25) is 0 Å². The van der Waals surface area contributed by atoms with Gasteiger partial charge in [0.1, 0.15) is 23.5 Å². The molecule has 24 heavy (non-hydrogen) atoms. The second kappa shape index (κ2) is 10.5. The fourth-order valence-corrected chi connectivity index (χ4v) is 2.40. The molecular formula is C16H24Cl2IN3O2. The van der Waals surface area contributed by atoms with Crippen LogP contribution >= 0.6 is 47.2 Å². The maximum absolute atomic E-state index is 10.0. The molecular weight excluding hydrogens is 464 g/mol. The minimum absolute atomic E-state index is 0. The van der Waals surface area contributed by atoms with Crippen LogP contribution in [0, 0.1) is 5.92 Å². The number of halogens is 3. The van der Waals surface area contributed by atoms with Crippen molar-refractivity contribution in [1.29, 1.82) is 0 Å². The predicted octanol–water partition coefficient (Wildman–Crippen LogP) is 3.31. The number of nitrogens with one attached hydrogen (secondary N) is 2. The first-order valence-electron chi connectivity index (χ1n) is 7.81. The van der Waals surface area contributed by atoms with Crippen LogP contribution in [0.2, 0.25) is 10.0 Å². The lowest BCUT2D eigenvalue weighted by Crippen LogP contribution is -2.40. The molecule has 3 atom stereocenters. The van der Waals surface area contributed by atoms with E-state index in [1.807, 2.05) is 6.92 Å². The number of hydrogen-bond acceptors (Lipinski definition) is 3. The Hall–Kier alpha value is -0.440. The van der Waals surface area contributed by atoms with Gasteiger partial charge in [-0.05, 0) is 31.4 Å². The molecule has 5 nitrogen and oxygen atoms in total. The van der Waals surface area contributed by atoms with E-state index in [1.54, 1.807) is 18.2 Å². The topological polar surface area (TPSA) is 65.9 Å². The monoisotopic (exact) mass is 487 g/mol. The van der Waals surface area contributed by atoms with Crippen molar-refractivity contribution in [3.05, 3.63) is 28.2 Å². The van der Waals surface area contributed by atoms with Crippen molar-refractivity contribution in [3.63, 3.8) is 0 Å². The van der Waals surface area contributed by atoms with Gasteiger partial charge in [-0.15, -0.1) is 24.0 Å². The van der Waals surface area contributed by atoms with Gasteiger partial charge in [-0.3, -0.25) is 4.99 Å². The number of rotatable bonds is 7. The highest BCUT2D eigenvalue weighted by molar-refractivity contribution is 14.0. The van der Waals surface area contributed by atoms with Crippen LogP contribution in [-0.2, 0) is 0 Å². The lowest BCUT2D eigenvalue weighted by atomic mass is 10.3. The van der Waals surface area contributed by atoms with Gasteiger partial charge in [0.05, 0.1) is 11.6 Å². The van der Waals surface area contributed by atoms with E-state index in [0.29, 0.717) is 27.8 Å². The van der Waals surface area contributed by atoms with Crippen LogP contribution in [0.4, 0.5) is 0 Å². The quantitative estimate of drug-likeness (QED) is 0.313. The van der Waals surface area contributed by atoms with Crippen LogP contribution in [0.5, 0.6) is 5.75 Å². The zero-order valence-corrected chi connectivity index (χ0v) is 17.6. The highest BCUT2D eigenvalue weighted by Crippen LogP contribution is 2.31. The molecule has 136 valence electrons. The lowest BCUT2D eigenvalue weighted by molar-refractivity contribution is 0.114. The van der Waals surface area contributed by atoms with Gasteiger partial charge in [-0.1, -0.05) is 36.2 Å². The van der Waals surface area contributed by atoms with Crippen molar-refractivity contribution in [2.24, 2.45) is 10.9 Å². The molecule has 0 aliphatic heterocycles. The zero-order valence-electron chi connectivity index (χ0n) is 13.8. The Morgan fingerprint density at radius 1 is 1.46 bits per heavy atom. The van der Waals surface area contributed by atoms with Gasteiger partial charge in [-0.25, -0.2) is 0 Å². The summed E-state index contributed by atoms with van der Waals surface area (Å²) < 4.78 is 5.51. The summed E-state index contributed by atoms with van der Waals surface area (Å²) in [5, 5.41) is 17.3. The summed E-state index contributed by atoms with van der Waals surface area (Å²) in [4.78, 5) is 4.39. The average Bonchev–Trinajstić information content (AvgIpc) is 3.21. The number of aliphatic imine (C=N–C) groups is 1. The van der Waals surface area contributed by atoms with Crippen LogP contribution in [0.15, 0.2) is 23.2 Å². The van der Waals surface area contributed by atoms with E-state index in [1.165, 1.54) is 0 Å². The SMILES string of the molecule is CCNC(=NCC(O)COc1cccc(Cl)c1Cl)NC1CC1C.I. The highest BCUT2D eigenvalue weighted by Gasteiger charge is 2.33. The first kappa shape index (κ1) is 21.6. The smallest absolute Gasteiger partial charge is 0.191 e. The van der Waals surface area contributed by atoms with E-state index < -0.39 is 6.10 Å². The van der Waals surface area contributed by atoms with E-state index >= 15 is 0 Å². The highest BCUT2D eigenvalue weighted by atomic mass is 127. The molecule has 8 heteroatoms. The number of ether oxygens (including phenoxy) is 1. The third-order valence-corrected chi connectivity index (χ3v) is 4.38. The molecule has 1 aromatic rings. The number of aliphatic hydroxyl groups excluding tert-OH is 1. The fourth-order valence-electron chi connectivity index (χ4n) is 2.05. The molecule has 1 fully saturated rings. The van der Waals surface area contributed by atoms with Gasteiger partial charge in [0, 0.05) is 12.6 Å². The number of aliphatic hydroxyl groups is 1. The zero-order chi connectivity index (χ0) is 16.8. The number of guanidine groups is 1. The molecule has 0 heterocycles. The normalized spacial score (nSPS) is 20.8. The van der Waals surface area contributed by atoms with Crippen molar-refractivity contribution in [2.75, 3.05) is 19.7 Å². The standard InChI is InChI=1S/C16H23Cl2N3O2.HI/c1-3-19-16(21-13-7-10(13)2)20-8-11(22)9-23-14-6-4-5-12(17)15(14)18;/h4-6,10-11,13,22H,3,7-9H2,1-2H3,(H2,19,20,21);1H. The number of benzene rings is 1. The van der Waals surface area contributed by atoms with Gasteiger partial charge in [0.15, 0.2) is 5.96 Å². The molecule has 0 saturated heterocycles. The third kappa shape index (κ3) is 6.82. The average molecular weight is 488 g/mol. The van der Waals surface area contributed by atoms with Crippen LogP contribution in [0.3, 0.4) is 0 Å².